The van der Waals surface area contributed by atoms with E-state index in [0.717, 1.165) is 32.8 Å². The Morgan fingerprint density at radius 3 is 2.86 bits per heavy atom. The van der Waals surface area contributed by atoms with E-state index in [-0.39, 0.29) is 5.69 Å². The number of nitrogens with two attached hydrogens (primary N) is 1. The molecule has 0 fully saturated rings. The quantitative estimate of drug-likeness (QED) is 0.478. The van der Waals surface area contributed by atoms with Gasteiger partial charge >= 0.3 is 0 Å². The maximum Gasteiger partial charge on any atom is 0.268 e. The van der Waals surface area contributed by atoms with Crippen molar-refractivity contribution in [3.8, 4) is 5.75 Å². The topological polar surface area (TPSA) is 90.4 Å². The van der Waals surface area contributed by atoms with Gasteiger partial charge in [-0.1, -0.05) is 18.2 Å². The van der Waals surface area contributed by atoms with Crippen molar-refractivity contribution in [1.29, 1.82) is 0 Å². The van der Waals surface area contributed by atoms with Crippen LogP contribution in [0.3, 0.4) is 0 Å². The van der Waals surface area contributed by atoms with Crippen LogP contribution in [-0.4, -0.2) is 26.7 Å². The number of amides is 1. The monoisotopic (exact) mass is 463 g/mol. The third kappa shape index (κ3) is 5.92. The Morgan fingerprint density at radius 1 is 1.32 bits per heavy atom. The van der Waals surface area contributed by atoms with Crippen molar-refractivity contribution in [2.24, 2.45) is 5.73 Å². The van der Waals surface area contributed by atoms with Crippen LogP contribution >= 0.6 is 27.3 Å². The van der Waals surface area contributed by atoms with Crippen LogP contribution in [0.25, 0.3) is 0 Å². The fourth-order valence-electron chi connectivity index (χ4n) is 2.88. The Morgan fingerprint density at radius 2 is 2.14 bits per heavy atom. The molecule has 6 nitrogen and oxygen atoms in total. The first kappa shape index (κ1) is 20.6. The lowest BCUT2D eigenvalue weighted by Crippen LogP contribution is -2.15. The van der Waals surface area contributed by atoms with Gasteiger partial charge in [-0.2, -0.15) is 0 Å². The zero-order chi connectivity index (χ0) is 19.9. The predicted molar refractivity (Wildman–Crippen MR) is 112 cm³/mol. The predicted octanol–water partition coefficient (Wildman–Crippen LogP) is 3.77. The van der Waals surface area contributed by atoms with Gasteiger partial charge in [0.2, 0.25) is 0 Å². The van der Waals surface area contributed by atoms with Gasteiger partial charge in [-0.25, -0.2) is 4.98 Å². The summed E-state index contributed by atoms with van der Waals surface area (Å²) in [4.78, 5) is 16.2. The van der Waals surface area contributed by atoms with Crippen molar-refractivity contribution in [2.75, 3.05) is 0 Å². The second-order valence-corrected chi connectivity index (χ2v) is 9.02. The summed E-state index contributed by atoms with van der Waals surface area (Å²) in [5.41, 5.74) is 6.52. The lowest BCUT2D eigenvalue weighted by molar-refractivity contribution is 0.0995. The normalized spacial score (nSPS) is 12.1. The summed E-state index contributed by atoms with van der Waals surface area (Å²) < 4.78 is 8.76. The minimum absolute atomic E-state index is 0.205. The number of aryl methyl sites for hydroxylation is 1. The number of carbonyl (C=O) groups excluding carboxylic acids is 1. The number of aliphatic hydroxyl groups is 1. The number of aromatic nitrogens is 2. The van der Waals surface area contributed by atoms with Crippen molar-refractivity contribution in [1.82, 2.24) is 9.55 Å². The number of carbonyl (C=O) groups is 1. The summed E-state index contributed by atoms with van der Waals surface area (Å²) >= 11 is 5.12. The fraction of sp³-hybridized carbons (Fsp3) is 0.300. The third-order valence-corrected chi connectivity index (χ3v) is 5.86. The molecule has 0 radical (unpaired) electrons. The fourth-order valence-corrected chi connectivity index (χ4v) is 4.28. The molecule has 0 saturated carbocycles. The number of imidazole rings is 1. The van der Waals surface area contributed by atoms with E-state index in [1.807, 2.05) is 30.3 Å². The molecule has 0 aliphatic carbocycles. The van der Waals surface area contributed by atoms with Crippen molar-refractivity contribution >= 4 is 33.2 Å². The molecule has 3 aromatic rings. The van der Waals surface area contributed by atoms with Crippen LogP contribution in [0.1, 0.15) is 33.8 Å². The summed E-state index contributed by atoms with van der Waals surface area (Å²) in [6.07, 6.45) is 4.82. The van der Waals surface area contributed by atoms with Gasteiger partial charge in [0.05, 0.1) is 16.2 Å². The van der Waals surface area contributed by atoms with Gasteiger partial charge < -0.3 is 20.1 Å². The van der Waals surface area contributed by atoms with E-state index in [2.05, 4.69) is 27.0 Å². The van der Waals surface area contributed by atoms with E-state index < -0.39 is 12.0 Å². The molecule has 0 aliphatic heterocycles. The Balaban J connectivity index is 1.48. The van der Waals surface area contributed by atoms with E-state index in [0.29, 0.717) is 19.6 Å². The highest BCUT2D eigenvalue weighted by atomic mass is 79.9. The maximum atomic E-state index is 11.1. The first-order valence-corrected chi connectivity index (χ1v) is 10.6. The first-order chi connectivity index (χ1) is 13.5. The minimum atomic E-state index is -0.570. The highest BCUT2D eigenvalue weighted by Gasteiger charge is 2.10. The number of aliphatic hydroxyl groups excluding tert-OH is 1. The summed E-state index contributed by atoms with van der Waals surface area (Å²) in [6, 6.07) is 12.1. The van der Waals surface area contributed by atoms with Crippen molar-refractivity contribution in [3.63, 3.8) is 0 Å². The molecule has 1 aromatic carbocycles. The van der Waals surface area contributed by atoms with E-state index in [1.54, 1.807) is 22.1 Å². The van der Waals surface area contributed by atoms with Crippen LogP contribution in [0, 0.1) is 0 Å². The highest BCUT2D eigenvalue weighted by Crippen LogP contribution is 2.26. The smallest absolute Gasteiger partial charge is 0.268 e. The zero-order valence-electron chi connectivity index (χ0n) is 15.3. The second kappa shape index (κ2) is 9.86. The van der Waals surface area contributed by atoms with Gasteiger partial charge in [-0.05, 0) is 59.0 Å². The number of primary amides is 1. The maximum absolute atomic E-state index is 11.1. The molecule has 148 valence electrons. The lowest BCUT2D eigenvalue weighted by Gasteiger charge is -2.13. The molecule has 1 amide bonds. The van der Waals surface area contributed by atoms with Crippen molar-refractivity contribution < 1.29 is 14.6 Å². The van der Waals surface area contributed by atoms with Crippen LogP contribution in [0.15, 0.2) is 52.7 Å². The Labute approximate surface area is 176 Å². The molecule has 2 aromatic heterocycles. The Bertz CT molecular complexity index is 925. The van der Waals surface area contributed by atoms with Gasteiger partial charge in [0.1, 0.15) is 18.1 Å². The SMILES string of the molecule is NC(=O)c1cn(C[C@@H](O)CCCc2ccccc2OCc2ccc(Br)s2)cn1. The molecular formula is C20H22BrN3O3S. The Kier molecular flexibility index (Phi) is 7.24. The number of halogens is 1. The average Bonchev–Trinajstić information content (AvgIpc) is 3.30. The largest absolute Gasteiger partial charge is 0.488 e. The van der Waals surface area contributed by atoms with Crippen LogP contribution in [0.4, 0.5) is 0 Å². The van der Waals surface area contributed by atoms with E-state index >= 15 is 0 Å². The van der Waals surface area contributed by atoms with E-state index in [4.69, 9.17) is 10.5 Å². The second-order valence-electron chi connectivity index (χ2n) is 6.47. The van der Waals surface area contributed by atoms with Gasteiger partial charge in [-0.3, -0.25) is 4.79 Å². The third-order valence-electron chi connectivity index (χ3n) is 4.26. The molecule has 0 aliphatic rings. The highest BCUT2D eigenvalue weighted by molar-refractivity contribution is 9.11. The molecule has 28 heavy (non-hydrogen) atoms. The number of rotatable bonds is 10. The van der Waals surface area contributed by atoms with Gasteiger partial charge in [0.15, 0.2) is 0 Å². The summed E-state index contributed by atoms with van der Waals surface area (Å²) in [5, 5.41) is 10.3. The van der Waals surface area contributed by atoms with Crippen LogP contribution in [0.2, 0.25) is 0 Å². The molecule has 2 heterocycles. The van der Waals surface area contributed by atoms with Gasteiger partial charge in [0.25, 0.3) is 5.91 Å². The van der Waals surface area contributed by atoms with Gasteiger partial charge in [0, 0.05) is 17.6 Å². The molecule has 0 spiro atoms. The van der Waals surface area contributed by atoms with Crippen LogP contribution in [-0.2, 0) is 19.6 Å². The lowest BCUT2D eigenvalue weighted by atomic mass is 10.0. The average molecular weight is 464 g/mol. The summed E-state index contributed by atoms with van der Waals surface area (Å²) in [7, 11) is 0. The minimum Gasteiger partial charge on any atom is -0.488 e. The molecule has 1 atom stereocenters. The molecule has 0 saturated heterocycles. The molecule has 8 heteroatoms. The number of ether oxygens (including phenoxy) is 1. The summed E-state index contributed by atoms with van der Waals surface area (Å²) in [5.74, 6) is 0.307. The zero-order valence-corrected chi connectivity index (χ0v) is 17.7. The van der Waals surface area contributed by atoms with E-state index in [1.165, 1.54) is 6.33 Å². The van der Waals surface area contributed by atoms with Gasteiger partial charge in [-0.15, -0.1) is 11.3 Å². The van der Waals surface area contributed by atoms with Crippen LogP contribution in [0.5, 0.6) is 5.75 Å². The van der Waals surface area contributed by atoms with Crippen molar-refractivity contribution in [2.45, 2.75) is 38.5 Å². The number of benzene rings is 1. The number of hydrogen-bond acceptors (Lipinski definition) is 5. The standard InChI is InChI=1S/C20H22BrN3O3S/c21-19-9-8-16(28-19)12-27-18-7-2-1-4-14(18)5-3-6-15(25)10-24-11-17(20(22)26)23-13-24/h1-2,4,7-9,11,13,15,25H,3,5-6,10,12H2,(H2,22,26)/t15-/m0/s1. The molecule has 3 rings (SSSR count). The number of nitrogens with zero attached hydrogens (tertiary/aromatic N) is 2. The van der Waals surface area contributed by atoms with E-state index in [9.17, 15) is 9.90 Å². The molecule has 3 N–H and O–H groups in total. The number of thiophene rings is 1. The molecule has 0 unspecified atom stereocenters. The van der Waals surface area contributed by atoms with Crippen LogP contribution < -0.4 is 10.5 Å². The number of para-hydroxylation sites is 1. The summed E-state index contributed by atoms with van der Waals surface area (Å²) in [6.45, 7) is 0.921. The number of hydrogen-bond donors (Lipinski definition) is 2. The van der Waals surface area contributed by atoms with Crippen molar-refractivity contribution in [3.05, 3.63) is 68.8 Å². The first-order valence-electron chi connectivity index (χ1n) is 8.96. The molecule has 0 bridgehead atoms. The Hall–Kier alpha value is -2.16. The molecular weight excluding hydrogens is 442 g/mol.